The summed E-state index contributed by atoms with van der Waals surface area (Å²) >= 11 is 0. The maximum Gasteiger partial charge on any atom is 0.421 e. The normalized spacial score (nSPS) is 11.3. The summed E-state index contributed by atoms with van der Waals surface area (Å²) in [7, 11) is 7.95. The molecule has 246 valence electrons. The molecule has 0 aliphatic rings. The van der Waals surface area contributed by atoms with Crippen molar-refractivity contribution in [2.75, 3.05) is 54.9 Å². The number of para-hydroxylation sites is 2. The third kappa shape index (κ3) is 9.41. The van der Waals surface area contributed by atoms with E-state index in [1.54, 1.807) is 12.4 Å². The molecule has 2 aromatic carbocycles. The van der Waals surface area contributed by atoms with Crippen LogP contribution in [0.25, 0.3) is 21.8 Å². The summed E-state index contributed by atoms with van der Waals surface area (Å²) in [5.74, 6) is -1.11. The van der Waals surface area contributed by atoms with Crippen LogP contribution in [0.2, 0.25) is 0 Å². The van der Waals surface area contributed by atoms with Crippen molar-refractivity contribution in [2.45, 2.75) is 38.5 Å². The second-order valence-electron chi connectivity index (χ2n) is 11.5. The van der Waals surface area contributed by atoms with Crippen LogP contribution in [-0.2, 0) is 41.4 Å². The van der Waals surface area contributed by atoms with E-state index in [2.05, 4.69) is 9.80 Å². The molecule has 0 amide bonds. The highest BCUT2D eigenvalue weighted by Crippen LogP contribution is 2.23. The zero-order valence-electron chi connectivity index (χ0n) is 26.9. The number of carbonyl (C=O) groups is 4. The second-order valence-corrected chi connectivity index (χ2v) is 11.5. The van der Waals surface area contributed by atoms with E-state index >= 15 is 0 Å². The smallest absolute Gasteiger partial charge is 0.421 e. The largest absolute Gasteiger partial charge is 0.428 e. The molecule has 12 nitrogen and oxygen atoms in total. The summed E-state index contributed by atoms with van der Waals surface area (Å²) in [4.78, 5) is 53.8. The third-order valence-corrected chi connectivity index (χ3v) is 7.46. The minimum atomic E-state index is -0.640. The summed E-state index contributed by atoms with van der Waals surface area (Å²) < 4.78 is 23.3. The highest BCUT2D eigenvalue weighted by molar-refractivity contribution is 5.93. The summed E-state index contributed by atoms with van der Waals surface area (Å²) in [5, 5.41) is 1.93. The number of unbranched alkanes of at least 4 members (excludes halogenated alkanes) is 1. The fraction of sp³-hybridized carbons (Fsp3) is 0.412. The maximum atomic E-state index is 12.7. The van der Waals surface area contributed by atoms with E-state index in [9.17, 15) is 19.2 Å². The number of hydrogen-bond donors (Lipinski definition) is 0. The van der Waals surface area contributed by atoms with Crippen molar-refractivity contribution < 1.29 is 38.1 Å². The molecule has 0 spiro atoms. The molecule has 46 heavy (non-hydrogen) atoms. The Balaban J connectivity index is 1.12. The van der Waals surface area contributed by atoms with E-state index in [1.807, 2.05) is 76.7 Å². The number of likely N-dealkylation sites (N-methyl/N-ethyl adjacent to an activating group) is 2. The molecule has 0 aliphatic heterocycles. The van der Waals surface area contributed by atoms with Gasteiger partial charge in [0.15, 0.2) is 0 Å². The van der Waals surface area contributed by atoms with E-state index in [0.717, 1.165) is 58.9 Å². The van der Waals surface area contributed by atoms with Gasteiger partial charge in [0.2, 0.25) is 13.6 Å². The quantitative estimate of drug-likeness (QED) is 0.0999. The van der Waals surface area contributed by atoms with E-state index < -0.39 is 37.7 Å². The van der Waals surface area contributed by atoms with Crippen LogP contribution in [-0.4, -0.2) is 97.9 Å². The molecule has 0 bridgehead atoms. The SMILES string of the molecule is CN(C)CCc1cn(C(=O)OCOC(=O)CCCCC(=O)OCOC(=O)n2cc(CCN(C)C)c3ccccc32)c2ccccc12. The molecule has 0 atom stereocenters. The zero-order chi connectivity index (χ0) is 33.1. The lowest BCUT2D eigenvalue weighted by atomic mass is 10.1. The molecule has 12 heteroatoms. The molecular weight excluding hydrogens is 592 g/mol. The molecule has 0 unspecified atom stereocenters. The first-order valence-electron chi connectivity index (χ1n) is 15.3. The topological polar surface area (TPSA) is 122 Å². The fourth-order valence-corrected chi connectivity index (χ4v) is 5.00. The molecule has 4 aromatic rings. The summed E-state index contributed by atoms with van der Waals surface area (Å²) in [6.07, 6.45) is 4.57. The van der Waals surface area contributed by atoms with Gasteiger partial charge in [-0.1, -0.05) is 36.4 Å². The van der Waals surface area contributed by atoms with Crippen LogP contribution >= 0.6 is 0 Å². The number of nitrogens with zero attached hydrogens (tertiary/aromatic N) is 4. The Bertz CT molecular complexity index is 1530. The van der Waals surface area contributed by atoms with Gasteiger partial charge in [0, 0.05) is 49.1 Å². The van der Waals surface area contributed by atoms with Crippen LogP contribution < -0.4 is 0 Å². The number of ether oxygens (including phenoxy) is 4. The Hall–Kier alpha value is -4.68. The molecule has 0 fully saturated rings. The number of benzene rings is 2. The van der Waals surface area contributed by atoms with Crippen molar-refractivity contribution in [1.82, 2.24) is 18.9 Å². The molecule has 0 saturated heterocycles. The van der Waals surface area contributed by atoms with Crippen LogP contribution in [0.5, 0.6) is 0 Å². The minimum absolute atomic E-state index is 0.0395. The standard InChI is InChI=1S/C34H42N4O8/c1-35(2)19-17-25-21-37(29-13-7-5-11-27(25)29)33(41)45-23-43-31(39)15-9-10-16-32(40)44-24-46-34(42)38-22-26(18-20-36(3)4)28-12-6-8-14-30(28)38/h5-8,11-14,21-22H,9-10,15-20,23-24H2,1-4H3. The van der Waals surface area contributed by atoms with Crippen LogP contribution in [0.4, 0.5) is 9.59 Å². The predicted octanol–water partition coefficient (Wildman–Crippen LogP) is 5.04. The molecule has 2 aromatic heterocycles. The average molecular weight is 635 g/mol. The fourth-order valence-electron chi connectivity index (χ4n) is 5.00. The Labute approximate surface area is 268 Å². The summed E-state index contributed by atoms with van der Waals surface area (Å²) in [6, 6.07) is 15.1. The molecule has 2 heterocycles. The van der Waals surface area contributed by atoms with Gasteiger partial charge in [-0.25, -0.2) is 9.59 Å². The lowest BCUT2D eigenvalue weighted by Gasteiger charge is -2.08. The van der Waals surface area contributed by atoms with Crippen molar-refractivity contribution in [3.05, 3.63) is 72.1 Å². The number of hydrogen-bond acceptors (Lipinski definition) is 10. The molecule has 0 radical (unpaired) electrons. The number of esters is 2. The van der Waals surface area contributed by atoms with Crippen molar-refractivity contribution in [3.63, 3.8) is 0 Å². The van der Waals surface area contributed by atoms with Crippen LogP contribution in [0.3, 0.4) is 0 Å². The average Bonchev–Trinajstić information content (AvgIpc) is 3.60. The summed E-state index contributed by atoms with van der Waals surface area (Å²) in [5.41, 5.74) is 3.48. The van der Waals surface area contributed by atoms with Gasteiger partial charge in [-0.15, -0.1) is 0 Å². The van der Waals surface area contributed by atoms with Gasteiger partial charge in [-0.05, 0) is 77.1 Å². The number of fused-ring (bicyclic) bond motifs is 2. The molecule has 0 aliphatic carbocycles. The van der Waals surface area contributed by atoms with Crippen molar-refractivity contribution in [3.8, 4) is 0 Å². The Morgan fingerprint density at radius 1 is 0.587 bits per heavy atom. The lowest BCUT2D eigenvalue weighted by Crippen LogP contribution is -2.18. The van der Waals surface area contributed by atoms with Crippen LogP contribution in [0.15, 0.2) is 60.9 Å². The van der Waals surface area contributed by atoms with Crippen molar-refractivity contribution in [2.24, 2.45) is 0 Å². The van der Waals surface area contributed by atoms with Gasteiger partial charge >= 0.3 is 24.1 Å². The van der Waals surface area contributed by atoms with E-state index in [1.165, 1.54) is 9.13 Å². The van der Waals surface area contributed by atoms with Crippen molar-refractivity contribution >= 4 is 45.9 Å². The van der Waals surface area contributed by atoms with Gasteiger partial charge in [0.05, 0.1) is 11.0 Å². The Morgan fingerprint density at radius 2 is 0.978 bits per heavy atom. The number of carbonyl (C=O) groups excluding carboxylic acids is 4. The Kier molecular flexibility index (Phi) is 12.3. The van der Waals surface area contributed by atoms with E-state index in [0.29, 0.717) is 12.8 Å². The zero-order valence-corrected chi connectivity index (χ0v) is 26.9. The van der Waals surface area contributed by atoms with Crippen LogP contribution in [0.1, 0.15) is 36.8 Å². The first kappa shape index (κ1) is 34.2. The van der Waals surface area contributed by atoms with Gasteiger partial charge < -0.3 is 28.7 Å². The van der Waals surface area contributed by atoms with Gasteiger partial charge in [-0.2, -0.15) is 0 Å². The third-order valence-electron chi connectivity index (χ3n) is 7.46. The predicted molar refractivity (Wildman–Crippen MR) is 173 cm³/mol. The highest BCUT2D eigenvalue weighted by Gasteiger charge is 2.17. The van der Waals surface area contributed by atoms with Gasteiger partial charge in [-0.3, -0.25) is 18.7 Å². The highest BCUT2D eigenvalue weighted by atomic mass is 16.7. The molecule has 0 N–H and O–H groups in total. The second kappa shape index (κ2) is 16.6. The number of rotatable bonds is 15. The first-order chi connectivity index (χ1) is 22.1. The van der Waals surface area contributed by atoms with Crippen LogP contribution in [0, 0.1) is 0 Å². The Morgan fingerprint density at radius 3 is 1.37 bits per heavy atom. The first-order valence-corrected chi connectivity index (χ1v) is 15.3. The van der Waals surface area contributed by atoms with E-state index in [-0.39, 0.29) is 12.8 Å². The molecular formula is C34H42N4O8. The monoisotopic (exact) mass is 634 g/mol. The summed E-state index contributed by atoms with van der Waals surface area (Å²) in [6.45, 7) is 0.628. The number of aromatic nitrogens is 2. The lowest BCUT2D eigenvalue weighted by molar-refractivity contribution is -0.154. The van der Waals surface area contributed by atoms with Crippen molar-refractivity contribution in [1.29, 1.82) is 0 Å². The van der Waals surface area contributed by atoms with E-state index in [4.69, 9.17) is 18.9 Å². The van der Waals surface area contributed by atoms with Gasteiger partial charge in [0.1, 0.15) is 0 Å². The molecule has 4 rings (SSSR count). The molecule has 0 saturated carbocycles. The maximum absolute atomic E-state index is 12.7. The minimum Gasteiger partial charge on any atom is -0.428 e. The van der Waals surface area contributed by atoms with Gasteiger partial charge in [0.25, 0.3) is 0 Å².